The third-order valence-corrected chi connectivity index (χ3v) is 3.57. The van der Waals surface area contributed by atoms with Gasteiger partial charge < -0.3 is 5.73 Å². The van der Waals surface area contributed by atoms with Crippen LogP contribution in [-0.2, 0) is 7.05 Å². The molecule has 0 saturated heterocycles. The summed E-state index contributed by atoms with van der Waals surface area (Å²) in [6, 6.07) is 13.8. The summed E-state index contributed by atoms with van der Waals surface area (Å²) in [6.45, 7) is 0. The Morgan fingerprint density at radius 1 is 1.14 bits per heavy atom. The molecule has 0 fully saturated rings. The highest BCUT2D eigenvalue weighted by Gasteiger charge is 2.19. The summed E-state index contributed by atoms with van der Waals surface area (Å²) in [5.74, 6) is 0.0792. The minimum atomic E-state index is -0.333. The topological polar surface area (TPSA) is 43.8 Å². The van der Waals surface area contributed by atoms with Crippen LogP contribution in [0.1, 0.15) is 0 Å². The Morgan fingerprint density at radius 2 is 1.90 bits per heavy atom. The molecule has 3 aromatic rings. The normalized spacial score (nSPS) is 10.8. The van der Waals surface area contributed by atoms with Crippen LogP contribution in [0.15, 0.2) is 48.5 Å². The van der Waals surface area contributed by atoms with Gasteiger partial charge in [0.2, 0.25) is 0 Å². The van der Waals surface area contributed by atoms with E-state index in [1.165, 1.54) is 10.7 Å². The molecule has 0 amide bonds. The van der Waals surface area contributed by atoms with Gasteiger partial charge in [0.1, 0.15) is 17.3 Å². The summed E-state index contributed by atoms with van der Waals surface area (Å²) in [6.07, 6.45) is 0. The molecule has 21 heavy (non-hydrogen) atoms. The molecule has 3 nitrogen and oxygen atoms in total. The SMILES string of the molecule is Cn1nc(-c2cccc(Cl)c2)c(-c2ccccc2F)c1N. The summed E-state index contributed by atoms with van der Waals surface area (Å²) in [5.41, 5.74) is 8.50. The Kier molecular flexibility index (Phi) is 3.39. The molecule has 106 valence electrons. The summed E-state index contributed by atoms with van der Waals surface area (Å²) in [7, 11) is 1.73. The van der Waals surface area contributed by atoms with E-state index in [9.17, 15) is 4.39 Å². The first kappa shape index (κ1) is 13.6. The third-order valence-electron chi connectivity index (χ3n) is 3.33. The van der Waals surface area contributed by atoms with Crippen molar-refractivity contribution in [3.63, 3.8) is 0 Å². The maximum absolute atomic E-state index is 14.1. The molecule has 5 heteroatoms. The smallest absolute Gasteiger partial charge is 0.131 e. The predicted octanol–water partition coefficient (Wildman–Crippen LogP) is 4.13. The van der Waals surface area contributed by atoms with Gasteiger partial charge in [0, 0.05) is 23.2 Å². The average molecular weight is 302 g/mol. The zero-order chi connectivity index (χ0) is 15.0. The van der Waals surface area contributed by atoms with Crippen molar-refractivity contribution in [2.75, 3.05) is 5.73 Å². The number of benzene rings is 2. The van der Waals surface area contributed by atoms with Gasteiger partial charge in [0.05, 0.1) is 5.56 Å². The Hall–Kier alpha value is -2.33. The maximum atomic E-state index is 14.1. The second-order valence-corrected chi connectivity index (χ2v) is 5.16. The third kappa shape index (κ3) is 2.38. The van der Waals surface area contributed by atoms with Crippen molar-refractivity contribution >= 4 is 17.4 Å². The minimum absolute atomic E-state index is 0.333. The molecule has 1 heterocycles. The second kappa shape index (κ2) is 5.22. The Bertz CT molecular complexity index is 811. The monoisotopic (exact) mass is 301 g/mol. The van der Waals surface area contributed by atoms with E-state index in [1.54, 1.807) is 37.4 Å². The van der Waals surface area contributed by atoms with Crippen molar-refractivity contribution < 1.29 is 4.39 Å². The van der Waals surface area contributed by atoms with Gasteiger partial charge in [-0.15, -0.1) is 0 Å². The lowest BCUT2D eigenvalue weighted by atomic mass is 10.0. The molecule has 0 saturated carbocycles. The van der Waals surface area contributed by atoms with Gasteiger partial charge in [0.25, 0.3) is 0 Å². The van der Waals surface area contributed by atoms with E-state index >= 15 is 0 Å². The standard InChI is InChI=1S/C16H13ClFN3/c1-21-16(19)14(12-7-2-3-8-13(12)18)15(20-21)10-5-4-6-11(17)9-10/h2-9H,19H2,1H3. The van der Waals surface area contributed by atoms with Crippen LogP contribution in [0.4, 0.5) is 10.2 Å². The van der Waals surface area contributed by atoms with Crippen LogP contribution in [0, 0.1) is 5.82 Å². The largest absolute Gasteiger partial charge is 0.383 e. The number of nitrogen functional groups attached to an aromatic ring is 1. The van der Waals surface area contributed by atoms with Gasteiger partial charge in [0.15, 0.2) is 0 Å². The lowest BCUT2D eigenvalue weighted by Gasteiger charge is -2.06. The summed E-state index contributed by atoms with van der Waals surface area (Å²) in [4.78, 5) is 0. The molecular formula is C16H13ClFN3. The van der Waals surface area contributed by atoms with E-state index in [0.717, 1.165) is 5.56 Å². The lowest BCUT2D eigenvalue weighted by Crippen LogP contribution is -1.98. The highest BCUT2D eigenvalue weighted by atomic mass is 35.5. The maximum Gasteiger partial charge on any atom is 0.131 e. The van der Waals surface area contributed by atoms with E-state index in [1.807, 2.05) is 12.1 Å². The molecule has 0 aliphatic rings. The molecule has 1 aromatic heterocycles. The van der Waals surface area contributed by atoms with Crippen molar-refractivity contribution in [3.8, 4) is 22.4 Å². The Balaban J connectivity index is 2.29. The van der Waals surface area contributed by atoms with Crippen LogP contribution >= 0.6 is 11.6 Å². The summed E-state index contributed by atoms with van der Waals surface area (Å²) < 4.78 is 15.7. The fourth-order valence-corrected chi connectivity index (χ4v) is 2.49. The first-order valence-electron chi connectivity index (χ1n) is 6.41. The fraction of sp³-hybridized carbons (Fsp3) is 0.0625. The number of halogens is 2. The van der Waals surface area contributed by atoms with Gasteiger partial charge in [-0.2, -0.15) is 5.10 Å². The summed E-state index contributed by atoms with van der Waals surface area (Å²) in [5, 5.41) is 5.00. The molecule has 0 aliphatic carbocycles. The van der Waals surface area contributed by atoms with E-state index < -0.39 is 0 Å². The Morgan fingerprint density at radius 3 is 2.62 bits per heavy atom. The van der Waals surface area contributed by atoms with Crippen LogP contribution in [0.3, 0.4) is 0 Å². The van der Waals surface area contributed by atoms with Gasteiger partial charge in [-0.1, -0.05) is 41.9 Å². The van der Waals surface area contributed by atoms with Crippen molar-refractivity contribution in [3.05, 3.63) is 59.4 Å². The van der Waals surface area contributed by atoms with E-state index in [-0.39, 0.29) is 5.82 Å². The highest BCUT2D eigenvalue weighted by molar-refractivity contribution is 6.30. The van der Waals surface area contributed by atoms with Crippen molar-refractivity contribution in [1.82, 2.24) is 9.78 Å². The highest BCUT2D eigenvalue weighted by Crippen LogP contribution is 2.37. The number of rotatable bonds is 2. The van der Waals surface area contributed by atoms with Gasteiger partial charge >= 0.3 is 0 Å². The number of hydrogen-bond acceptors (Lipinski definition) is 2. The molecule has 0 radical (unpaired) electrons. The molecule has 0 aliphatic heterocycles. The molecule has 3 rings (SSSR count). The number of aryl methyl sites for hydroxylation is 1. The second-order valence-electron chi connectivity index (χ2n) is 4.72. The number of nitrogens with two attached hydrogens (primary N) is 1. The van der Waals surface area contributed by atoms with Crippen molar-refractivity contribution in [1.29, 1.82) is 0 Å². The minimum Gasteiger partial charge on any atom is -0.383 e. The number of nitrogens with zero attached hydrogens (tertiary/aromatic N) is 2. The Labute approximate surface area is 126 Å². The first-order valence-corrected chi connectivity index (χ1v) is 6.79. The zero-order valence-electron chi connectivity index (χ0n) is 11.3. The molecule has 0 unspecified atom stereocenters. The van der Waals surface area contributed by atoms with Crippen LogP contribution < -0.4 is 5.73 Å². The van der Waals surface area contributed by atoms with Crippen molar-refractivity contribution in [2.45, 2.75) is 0 Å². The molecule has 0 bridgehead atoms. The van der Waals surface area contributed by atoms with Crippen LogP contribution in [0.5, 0.6) is 0 Å². The molecule has 2 aromatic carbocycles. The van der Waals surface area contributed by atoms with E-state index in [2.05, 4.69) is 5.10 Å². The average Bonchev–Trinajstić information content (AvgIpc) is 2.76. The van der Waals surface area contributed by atoms with Crippen LogP contribution in [0.2, 0.25) is 5.02 Å². The summed E-state index contributed by atoms with van der Waals surface area (Å²) >= 11 is 6.03. The number of anilines is 1. The molecule has 0 atom stereocenters. The molecule has 0 spiro atoms. The van der Waals surface area contributed by atoms with Gasteiger partial charge in [-0.25, -0.2) is 4.39 Å². The quantitative estimate of drug-likeness (QED) is 0.773. The fourth-order valence-electron chi connectivity index (χ4n) is 2.30. The predicted molar refractivity (Wildman–Crippen MR) is 83.5 cm³/mol. The lowest BCUT2D eigenvalue weighted by molar-refractivity contribution is 0.631. The van der Waals surface area contributed by atoms with E-state index in [4.69, 9.17) is 17.3 Å². The van der Waals surface area contributed by atoms with Crippen molar-refractivity contribution in [2.24, 2.45) is 7.05 Å². The van der Waals surface area contributed by atoms with Gasteiger partial charge in [-0.05, 0) is 18.2 Å². The van der Waals surface area contributed by atoms with E-state index in [0.29, 0.717) is 27.7 Å². The molecule has 2 N–H and O–H groups in total. The van der Waals surface area contributed by atoms with Gasteiger partial charge in [-0.3, -0.25) is 4.68 Å². The number of hydrogen-bond donors (Lipinski definition) is 1. The molecular weight excluding hydrogens is 289 g/mol. The van der Waals surface area contributed by atoms with Crippen LogP contribution in [0.25, 0.3) is 22.4 Å². The zero-order valence-corrected chi connectivity index (χ0v) is 12.1. The number of aromatic nitrogens is 2. The van der Waals surface area contributed by atoms with Crippen LogP contribution in [-0.4, -0.2) is 9.78 Å². The first-order chi connectivity index (χ1) is 10.1.